The van der Waals surface area contributed by atoms with Crippen LogP contribution in [0.3, 0.4) is 0 Å². The number of aromatic hydroxyl groups is 1. The minimum Gasteiger partial charge on any atom is -0.494 e. The summed E-state index contributed by atoms with van der Waals surface area (Å²) in [6.07, 6.45) is 2.67. The number of pyridine rings is 1. The SMILES string of the molecule is Cc1c(C=Nc2ccc([N+](=O)[O-])cc2Cl)c(O)n(Cc2ccco2)c(=O)c1C#N. The van der Waals surface area contributed by atoms with Crippen molar-refractivity contribution < 1.29 is 14.4 Å². The van der Waals surface area contributed by atoms with Gasteiger partial charge >= 0.3 is 0 Å². The average Bonchev–Trinajstić information content (AvgIpc) is 3.19. The topological polar surface area (TPSA) is 135 Å². The van der Waals surface area contributed by atoms with E-state index in [0.717, 1.165) is 10.6 Å². The van der Waals surface area contributed by atoms with Crippen LogP contribution in [0.15, 0.2) is 50.8 Å². The minimum absolute atomic E-state index is 0.0389. The summed E-state index contributed by atoms with van der Waals surface area (Å²) in [4.78, 5) is 26.9. The first kappa shape index (κ1) is 19.9. The molecule has 3 rings (SSSR count). The zero-order valence-corrected chi connectivity index (χ0v) is 15.8. The predicted octanol–water partition coefficient (Wildman–Crippen LogP) is 3.69. The lowest BCUT2D eigenvalue weighted by molar-refractivity contribution is -0.384. The minimum atomic E-state index is -0.663. The van der Waals surface area contributed by atoms with Crippen molar-refractivity contribution in [1.29, 1.82) is 5.26 Å². The molecule has 0 amide bonds. The Hall–Kier alpha value is -3.90. The van der Waals surface area contributed by atoms with Gasteiger partial charge in [0.1, 0.15) is 17.4 Å². The Kier molecular flexibility index (Phi) is 5.47. The van der Waals surface area contributed by atoms with Gasteiger partial charge in [-0.25, -0.2) is 0 Å². The molecule has 0 aliphatic carbocycles. The molecule has 0 aliphatic heterocycles. The fourth-order valence-corrected chi connectivity index (χ4v) is 2.90. The molecule has 29 heavy (non-hydrogen) atoms. The van der Waals surface area contributed by atoms with Crippen molar-refractivity contribution in [3.05, 3.63) is 84.5 Å². The second-order valence-electron chi connectivity index (χ2n) is 5.97. The van der Waals surface area contributed by atoms with Gasteiger partial charge < -0.3 is 9.52 Å². The highest BCUT2D eigenvalue weighted by atomic mass is 35.5. The van der Waals surface area contributed by atoms with Gasteiger partial charge in [-0.3, -0.25) is 24.5 Å². The van der Waals surface area contributed by atoms with Crippen LogP contribution >= 0.6 is 11.6 Å². The number of nitro groups is 1. The second kappa shape index (κ2) is 8.00. The number of hydrogen-bond acceptors (Lipinski definition) is 7. The maximum atomic E-state index is 12.6. The van der Waals surface area contributed by atoms with E-state index in [1.54, 1.807) is 12.1 Å². The van der Waals surface area contributed by atoms with Crippen LogP contribution in [-0.2, 0) is 6.54 Å². The van der Waals surface area contributed by atoms with E-state index in [0.29, 0.717) is 5.76 Å². The lowest BCUT2D eigenvalue weighted by Gasteiger charge is -2.13. The number of nitrogens with zero attached hydrogens (tertiary/aromatic N) is 4. The molecule has 0 radical (unpaired) electrons. The van der Waals surface area contributed by atoms with Crippen LogP contribution in [0.2, 0.25) is 5.02 Å². The van der Waals surface area contributed by atoms with Gasteiger partial charge in [-0.2, -0.15) is 5.26 Å². The third kappa shape index (κ3) is 3.88. The third-order valence-corrected chi connectivity index (χ3v) is 4.52. The molecule has 0 aliphatic rings. The Bertz CT molecular complexity index is 1220. The maximum absolute atomic E-state index is 12.6. The molecular formula is C19H13ClN4O5. The number of hydrogen-bond donors (Lipinski definition) is 1. The van der Waals surface area contributed by atoms with E-state index in [4.69, 9.17) is 16.0 Å². The quantitative estimate of drug-likeness (QED) is 0.385. The van der Waals surface area contributed by atoms with E-state index in [-0.39, 0.29) is 39.6 Å². The van der Waals surface area contributed by atoms with Crippen LogP contribution in [-0.4, -0.2) is 20.8 Å². The molecule has 1 aromatic carbocycles. The van der Waals surface area contributed by atoms with Crippen LogP contribution in [0.1, 0.15) is 22.5 Å². The molecule has 10 heteroatoms. The Morgan fingerprint density at radius 3 is 2.79 bits per heavy atom. The van der Waals surface area contributed by atoms with Crippen molar-refractivity contribution in [2.75, 3.05) is 0 Å². The van der Waals surface area contributed by atoms with Gasteiger partial charge in [0.05, 0.1) is 34.0 Å². The molecule has 2 aromatic heterocycles. The Labute approximate surface area is 168 Å². The average molecular weight is 413 g/mol. The Morgan fingerprint density at radius 1 is 1.45 bits per heavy atom. The normalized spacial score (nSPS) is 10.9. The van der Waals surface area contributed by atoms with Crippen molar-refractivity contribution in [2.24, 2.45) is 4.99 Å². The second-order valence-corrected chi connectivity index (χ2v) is 6.38. The van der Waals surface area contributed by atoms with E-state index < -0.39 is 16.4 Å². The van der Waals surface area contributed by atoms with Crippen LogP contribution < -0.4 is 5.56 Å². The molecule has 0 unspecified atom stereocenters. The summed E-state index contributed by atoms with van der Waals surface area (Å²) in [5, 5.41) is 30.9. The number of nitro benzene ring substituents is 1. The van der Waals surface area contributed by atoms with E-state index in [9.17, 15) is 25.3 Å². The van der Waals surface area contributed by atoms with Crippen LogP contribution in [0, 0.1) is 28.4 Å². The van der Waals surface area contributed by atoms with Crippen molar-refractivity contribution in [2.45, 2.75) is 13.5 Å². The lowest BCUT2D eigenvalue weighted by atomic mass is 10.1. The van der Waals surface area contributed by atoms with Crippen LogP contribution in [0.4, 0.5) is 11.4 Å². The van der Waals surface area contributed by atoms with Crippen LogP contribution in [0.25, 0.3) is 0 Å². The number of rotatable bonds is 5. The van der Waals surface area contributed by atoms with Gasteiger partial charge in [0.15, 0.2) is 0 Å². The van der Waals surface area contributed by atoms with E-state index >= 15 is 0 Å². The fourth-order valence-electron chi connectivity index (χ4n) is 2.68. The first-order chi connectivity index (χ1) is 13.8. The smallest absolute Gasteiger partial charge is 0.271 e. The predicted molar refractivity (Wildman–Crippen MR) is 105 cm³/mol. The van der Waals surface area contributed by atoms with Crippen molar-refractivity contribution in [3.8, 4) is 11.9 Å². The Balaban J connectivity index is 2.09. The number of furan rings is 1. The molecule has 3 aromatic rings. The molecule has 0 atom stereocenters. The molecule has 0 spiro atoms. The highest BCUT2D eigenvalue weighted by Crippen LogP contribution is 2.29. The van der Waals surface area contributed by atoms with Crippen LogP contribution in [0.5, 0.6) is 5.88 Å². The monoisotopic (exact) mass is 412 g/mol. The summed E-state index contributed by atoms with van der Waals surface area (Å²) in [5.74, 6) is 0.0149. The molecule has 146 valence electrons. The molecule has 0 saturated heterocycles. The standard InChI is InChI=1S/C19H13ClN4O5/c1-11-14(8-21)18(25)23(10-13-3-2-6-29-13)19(26)15(11)9-22-17-5-4-12(24(27)28)7-16(17)20/h2-7,9,26H,10H2,1H3. The number of aromatic nitrogens is 1. The fraction of sp³-hybridized carbons (Fsp3) is 0.105. The molecular weight excluding hydrogens is 400 g/mol. The number of aliphatic imine (C=N–C) groups is 1. The van der Waals surface area contributed by atoms with Gasteiger partial charge in [0, 0.05) is 18.3 Å². The van der Waals surface area contributed by atoms with Gasteiger partial charge in [0.25, 0.3) is 11.2 Å². The molecule has 1 N–H and O–H groups in total. The summed E-state index contributed by atoms with van der Waals surface area (Å²) in [6, 6.07) is 8.85. The molecule has 2 heterocycles. The number of non-ortho nitro benzene ring substituents is 1. The number of nitriles is 1. The highest BCUT2D eigenvalue weighted by molar-refractivity contribution is 6.33. The van der Waals surface area contributed by atoms with Crippen molar-refractivity contribution >= 4 is 29.2 Å². The van der Waals surface area contributed by atoms with Gasteiger partial charge in [0.2, 0.25) is 5.88 Å². The van der Waals surface area contributed by atoms with Gasteiger partial charge in [-0.1, -0.05) is 11.6 Å². The molecule has 0 saturated carbocycles. The summed E-state index contributed by atoms with van der Waals surface area (Å²) < 4.78 is 6.21. The highest BCUT2D eigenvalue weighted by Gasteiger charge is 2.19. The number of halogens is 1. The van der Waals surface area contributed by atoms with Crippen molar-refractivity contribution in [3.63, 3.8) is 0 Å². The van der Waals surface area contributed by atoms with Crippen molar-refractivity contribution in [1.82, 2.24) is 4.57 Å². The summed E-state index contributed by atoms with van der Waals surface area (Å²) in [5.41, 5.74) is -0.394. The molecule has 0 fully saturated rings. The zero-order valence-electron chi connectivity index (χ0n) is 15.0. The first-order valence-electron chi connectivity index (χ1n) is 8.20. The molecule has 0 bridgehead atoms. The molecule has 9 nitrogen and oxygen atoms in total. The first-order valence-corrected chi connectivity index (χ1v) is 8.58. The van der Waals surface area contributed by atoms with E-state index in [1.165, 1.54) is 31.5 Å². The summed E-state index contributed by atoms with van der Waals surface area (Å²) in [7, 11) is 0. The van der Waals surface area contributed by atoms with Gasteiger partial charge in [-0.05, 0) is 30.7 Å². The van der Waals surface area contributed by atoms with E-state index in [1.807, 2.05) is 6.07 Å². The summed E-state index contributed by atoms with van der Waals surface area (Å²) in [6.45, 7) is 1.43. The zero-order chi connectivity index (χ0) is 21.1. The largest absolute Gasteiger partial charge is 0.494 e. The van der Waals surface area contributed by atoms with E-state index in [2.05, 4.69) is 4.99 Å². The maximum Gasteiger partial charge on any atom is 0.271 e. The van der Waals surface area contributed by atoms with Gasteiger partial charge in [-0.15, -0.1) is 0 Å². The number of benzene rings is 1. The summed E-state index contributed by atoms with van der Waals surface area (Å²) >= 11 is 6.03. The lowest BCUT2D eigenvalue weighted by Crippen LogP contribution is -2.25. The Morgan fingerprint density at radius 2 is 2.21 bits per heavy atom. The third-order valence-electron chi connectivity index (χ3n) is 4.22.